The summed E-state index contributed by atoms with van der Waals surface area (Å²) in [6.07, 6.45) is 8.51. The Labute approximate surface area is 120 Å². The summed E-state index contributed by atoms with van der Waals surface area (Å²) in [7, 11) is 0. The molecule has 112 valence electrons. The van der Waals surface area contributed by atoms with Gasteiger partial charge in [0.05, 0.1) is 0 Å². The predicted molar refractivity (Wildman–Crippen MR) is 83.5 cm³/mol. The summed E-state index contributed by atoms with van der Waals surface area (Å²) in [5.41, 5.74) is 0. The Bertz CT molecular complexity index is 256. The maximum atomic E-state index is 3.77. The van der Waals surface area contributed by atoms with Crippen LogP contribution in [0.4, 0.5) is 0 Å². The van der Waals surface area contributed by atoms with Gasteiger partial charge in [-0.05, 0) is 43.9 Å². The van der Waals surface area contributed by atoms with Crippen molar-refractivity contribution in [2.24, 2.45) is 11.8 Å². The van der Waals surface area contributed by atoms with E-state index in [1.165, 1.54) is 51.6 Å². The Morgan fingerprint density at radius 1 is 1.05 bits per heavy atom. The second-order valence-electron chi connectivity index (χ2n) is 7.10. The number of piperazine rings is 1. The number of rotatable bonds is 4. The molecule has 1 aliphatic carbocycles. The maximum absolute atomic E-state index is 3.77. The highest BCUT2D eigenvalue weighted by atomic mass is 15.3. The molecule has 1 heterocycles. The zero-order valence-electron chi connectivity index (χ0n) is 13.5. The van der Waals surface area contributed by atoms with Gasteiger partial charge in [-0.15, -0.1) is 0 Å². The number of nitrogens with zero attached hydrogens (tertiary/aromatic N) is 1. The first kappa shape index (κ1) is 15.3. The molecule has 2 unspecified atom stereocenters. The Balaban J connectivity index is 1.94. The van der Waals surface area contributed by atoms with Gasteiger partial charge in [-0.1, -0.05) is 34.1 Å². The summed E-state index contributed by atoms with van der Waals surface area (Å²) < 4.78 is 0. The normalized spacial score (nSPS) is 37.7. The van der Waals surface area contributed by atoms with Gasteiger partial charge in [0.1, 0.15) is 0 Å². The van der Waals surface area contributed by atoms with Crippen molar-refractivity contribution < 1.29 is 0 Å². The minimum Gasteiger partial charge on any atom is -0.311 e. The molecule has 0 aromatic heterocycles. The van der Waals surface area contributed by atoms with Crippen LogP contribution in [0, 0.1) is 11.8 Å². The van der Waals surface area contributed by atoms with E-state index in [0.29, 0.717) is 6.04 Å². The molecule has 0 aromatic rings. The minimum atomic E-state index is 0.701. The molecule has 1 saturated heterocycles. The topological polar surface area (TPSA) is 15.3 Å². The zero-order chi connectivity index (χ0) is 13.8. The molecule has 2 atom stereocenters. The highest BCUT2D eigenvalue weighted by Crippen LogP contribution is 2.32. The van der Waals surface area contributed by atoms with Crippen LogP contribution in [0.1, 0.15) is 66.2 Å². The highest BCUT2D eigenvalue weighted by Gasteiger charge is 2.34. The molecule has 2 rings (SSSR count). The molecule has 1 N–H and O–H groups in total. The summed E-state index contributed by atoms with van der Waals surface area (Å²) >= 11 is 0. The van der Waals surface area contributed by atoms with Crippen molar-refractivity contribution in [1.82, 2.24) is 10.2 Å². The fraction of sp³-hybridized carbons (Fsp3) is 1.00. The minimum absolute atomic E-state index is 0.701. The molecule has 0 bridgehead atoms. The molecule has 0 spiro atoms. The summed E-state index contributed by atoms with van der Waals surface area (Å²) in [6, 6.07) is 2.35. The van der Waals surface area contributed by atoms with Gasteiger partial charge in [-0.3, -0.25) is 4.90 Å². The fourth-order valence-electron chi connectivity index (χ4n) is 4.00. The average Bonchev–Trinajstić information content (AvgIpc) is 2.46. The predicted octanol–water partition coefficient (Wildman–Crippen LogP) is 3.66. The van der Waals surface area contributed by atoms with Gasteiger partial charge >= 0.3 is 0 Å². The van der Waals surface area contributed by atoms with Gasteiger partial charge in [0.25, 0.3) is 0 Å². The van der Waals surface area contributed by atoms with Gasteiger partial charge in [0.15, 0.2) is 0 Å². The molecule has 2 aliphatic rings. The first-order chi connectivity index (χ1) is 9.15. The molecule has 1 aliphatic heterocycles. The van der Waals surface area contributed by atoms with Crippen LogP contribution in [0.5, 0.6) is 0 Å². The lowest BCUT2D eigenvalue weighted by molar-refractivity contribution is 0.0418. The van der Waals surface area contributed by atoms with Crippen molar-refractivity contribution in [1.29, 1.82) is 0 Å². The van der Waals surface area contributed by atoms with E-state index in [0.717, 1.165) is 23.9 Å². The molecular weight excluding hydrogens is 232 g/mol. The van der Waals surface area contributed by atoms with E-state index in [-0.39, 0.29) is 0 Å². The smallest absolute Gasteiger partial charge is 0.0221 e. The van der Waals surface area contributed by atoms with Crippen LogP contribution in [0.3, 0.4) is 0 Å². The summed E-state index contributed by atoms with van der Waals surface area (Å²) in [4.78, 5) is 2.87. The number of nitrogens with one attached hydrogen (secondary N) is 1. The van der Waals surface area contributed by atoms with Crippen molar-refractivity contribution in [3.63, 3.8) is 0 Å². The van der Waals surface area contributed by atoms with Crippen LogP contribution in [-0.2, 0) is 0 Å². The highest BCUT2D eigenvalue weighted by molar-refractivity contribution is 4.92. The van der Waals surface area contributed by atoms with E-state index in [9.17, 15) is 0 Å². The van der Waals surface area contributed by atoms with Gasteiger partial charge in [0.2, 0.25) is 0 Å². The SMILES string of the molecule is CCC1CCC(N2CC(C(C)C)NCC2CC)CC1. The van der Waals surface area contributed by atoms with Crippen molar-refractivity contribution in [3.8, 4) is 0 Å². The Hall–Kier alpha value is -0.0800. The van der Waals surface area contributed by atoms with Crippen LogP contribution in [0.2, 0.25) is 0 Å². The van der Waals surface area contributed by atoms with Gasteiger partial charge in [-0.2, -0.15) is 0 Å². The fourth-order valence-corrected chi connectivity index (χ4v) is 4.00. The summed E-state index contributed by atoms with van der Waals surface area (Å²) in [5, 5.41) is 3.77. The van der Waals surface area contributed by atoms with E-state index in [1.807, 2.05) is 0 Å². The van der Waals surface area contributed by atoms with Crippen LogP contribution in [0.15, 0.2) is 0 Å². The third-order valence-corrected chi connectivity index (χ3v) is 5.63. The molecular formula is C17H34N2. The van der Waals surface area contributed by atoms with E-state index in [2.05, 4.69) is 37.9 Å². The molecule has 2 heteroatoms. The van der Waals surface area contributed by atoms with Crippen LogP contribution in [-0.4, -0.2) is 36.1 Å². The Morgan fingerprint density at radius 3 is 2.26 bits per heavy atom. The molecule has 2 nitrogen and oxygen atoms in total. The summed E-state index contributed by atoms with van der Waals surface area (Å²) in [6.45, 7) is 11.9. The monoisotopic (exact) mass is 266 g/mol. The van der Waals surface area contributed by atoms with Crippen molar-refractivity contribution in [2.45, 2.75) is 84.3 Å². The lowest BCUT2D eigenvalue weighted by Crippen LogP contribution is -2.61. The lowest BCUT2D eigenvalue weighted by Gasteiger charge is -2.47. The number of hydrogen-bond donors (Lipinski definition) is 1. The van der Waals surface area contributed by atoms with E-state index >= 15 is 0 Å². The Morgan fingerprint density at radius 2 is 1.74 bits per heavy atom. The van der Waals surface area contributed by atoms with E-state index in [1.54, 1.807) is 0 Å². The molecule has 0 radical (unpaired) electrons. The zero-order valence-corrected chi connectivity index (χ0v) is 13.5. The third-order valence-electron chi connectivity index (χ3n) is 5.63. The van der Waals surface area contributed by atoms with Crippen LogP contribution in [0.25, 0.3) is 0 Å². The second-order valence-corrected chi connectivity index (χ2v) is 7.10. The third kappa shape index (κ3) is 3.72. The number of hydrogen-bond acceptors (Lipinski definition) is 2. The molecule has 2 fully saturated rings. The van der Waals surface area contributed by atoms with Crippen LogP contribution >= 0.6 is 0 Å². The van der Waals surface area contributed by atoms with Crippen LogP contribution < -0.4 is 5.32 Å². The van der Waals surface area contributed by atoms with E-state index < -0.39 is 0 Å². The van der Waals surface area contributed by atoms with E-state index in [4.69, 9.17) is 0 Å². The molecule has 19 heavy (non-hydrogen) atoms. The van der Waals surface area contributed by atoms with Crippen molar-refractivity contribution in [3.05, 3.63) is 0 Å². The average molecular weight is 266 g/mol. The van der Waals surface area contributed by atoms with Gasteiger partial charge in [0, 0.05) is 31.2 Å². The molecule has 1 saturated carbocycles. The Kier molecular flexibility index (Phi) is 5.70. The second kappa shape index (κ2) is 7.08. The summed E-state index contributed by atoms with van der Waals surface area (Å²) in [5.74, 6) is 1.77. The quantitative estimate of drug-likeness (QED) is 0.835. The molecule has 0 aromatic carbocycles. The molecule has 0 amide bonds. The van der Waals surface area contributed by atoms with Crippen molar-refractivity contribution >= 4 is 0 Å². The standard InChI is InChI=1S/C17H34N2/c1-5-14-7-9-16(10-8-14)19-12-17(13(3)4)18-11-15(19)6-2/h13-18H,5-12H2,1-4H3. The largest absolute Gasteiger partial charge is 0.311 e. The lowest BCUT2D eigenvalue weighted by atomic mass is 9.82. The maximum Gasteiger partial charge on any atom is 0.0221 e. The van der Waals surface area contributed by atoms with Gasteiger partial charge in [-0.25, -0.2) is 0 Å². The first-order valence-corrected chi connectivity index (χ1v) is 8.64. The first-order valence-electron chi connectivity index (χ1n) is 8.64. The van der Waals surface area contributed by atoms with Gasteiger partial charge < -0.3 is 5.32 Å². The van der Waals surface area contributed by atoms with Crippen molar-refractivity contribution in [2.75, 3.05) is 13.1 Å².